The summed E-state index contributed by atoms with van der Waals surface area (Å²) in [6.07, 6.45) is 12.8. The number of halogens is 2. The van der Waals surface area contributed by atoms with Crippen LogP contribution in [0.5, 0.6) is 0 Å². The summed E-state index contributed by atoms with van der Waals surface area (Å²) in [6.45, 7) is 11.5. The van der Waals surface area contributed by atoms with E-state index in [1.807, 2.05) is 102 Å². The Balaban J connectivity index is 0.000000350. The zero-order chi connectivity index (χ0) is 76.3. The van der Waals surface area contributed by atoms with Gasteiger partial charge in [-0.2, -0.15) is 0 Å². The molecule has 7 aromatic rings. The molecule has 4 aliphatic rings. The minimum absolute atomic E-state index is 0. The van der Waals surface area contributed by atoms with Gasteiger partial charge in [-0.3, -0.25) is 50.0 Å². The summed E-state index contributed by atoms with van der Waals surface area (Å²) < 4.78 is 28.1. The average Bonchev–Trinajstić information content (AvgIpc) is 1.86. The Kier molecular flexibility index (Phi) is 44.7. The summed E-state index contributed by atoms with van der Waals surface area (Å²) in [4.78, 5) is 109. The number of alkyl halides is 1. The highest BCUT2D eigenvalue weighted by Gasteiger charge is 2.22. The number of amides is 4. The first-order chi connectivity index (χ1) is 50.8. The van der Waals surface area contributed by atoms with Gasteiger partial charge in [0.25, 0.3) is 23.6 Å². The maximum atomic E-state index is 12.3. The predicted molar refractivity (Wildman–Crippen MR) is 431 cm³/mol. The highest BCUT2D eigenvalue weighted by molar-refractivity contribution is 14.1. The summed E-state index contributed by atoms with van der Waals surface area (Å²) in [5.74, 6) is 6.70. The molecule has 106 heavy (non-hydrogen) atoms. The lowest BCUT2D eigenvalue weighted by Crippen LogP contribution is -2.31. The molecular formula is C80H106ClIN8O14S2. The van der Waals surface area contributed by atoms with Crippen LogP contribution < -0.4 is 44.4 Å². The number of aryl methyl sites for hydroxylation is 4. The van der Waals surface area contributed by atoms with Gasteiger partial charge in [-0.1, -0.05) is 105 Å². The predicted octanol–water partition coefficient (Wildman–Crippen LogP) is 12.4. The van der Waals surface area contributed by atoms with E-state index in [4.69, 9.17) is 36.9 Å². The van der Waals surface area contributed by atoms with Gasteiger partial charge in [0.2, 0.25) is 0 Å². The molecule has 13 N–H and O–H groups in total. The molecule has 11 rings (SSSR count). The zero-order valence-electron chi connectivity index (χ0n) is 61.0. The Hall–Kier alpha value is -7.77. The van der Waals surface area contributed by atoms with Gasteiger partial charge < -0.3 is 56.8 Å². The molecule has 4 atom stereocenters. The van der Waals surface area contributed by atoms with Crippen molar-refractivity contribution in [2.24, 2.45) is 23.2 Å². The first-order valence-electron chi connectivity index (χ1n) is 35.7. The van der Waals surface area contributed by atoms with Crippen LogP contribution in [0, 0.1) is 0 Å². The van der Waals surface area contributed by atoms with Crippen molar-refractivity contribution in [1.29, 1.82) is 0 Å². The van der Waals surface area contributed by atoms with Crippen molar-refractivity contribution in [1.82, 2.24) is 21.3 Å². The number of carboxylic acid groups (broad SMARTS) is 1. The van der Waals surface area contributed by atoms with Crippen LogP contribution in [0.3, 0.4) is 0 Å². The van der Waals surface area contributed by atoms with Crippen molar-refractivity contribution in [3.05, 3.63) is 221 Å². The lowest BCUT2D eigenvalue weighted by molar-refractivity contribution is 0.0694. The maximum absolute atomic E-state index is 12.3. The minimum Gasteiger partial charge on any atom is -0.478 e. The minimum atomic E-state index is -0.868. The third-order valence-corrected chi connectivity index (χ3v) is 19.4. The molecule has 4 unspecified atom stereocenters. The molecule has 0 aliphatic carbocycles. The molecule has 4 fully saturated rings. The number of hydrogen-bond acceptors (Lipinski definition) is 19. The van der Waals surface area contributed by atoms with Crippen LogP contribution in [-0.4, -0.2) is 146 Å². The number of carboxylic acids is 1. The number of ketones is 4. The van der Waals surface area contributed by atoms with Gasteiger partial charge in [-0.05, 0) is 202 Å². The van der Waals surface area contributed by atoms with E-state index < -0.39 is 5.97 Å². The van der Waals surface area contributed by atoms with E-state index in [0.29, 0.717) is 105 Å². The number of nitrogens with two attached hydrogens (primary N) is 4. The van der Waals surface area contributed by atoms with Crippen molar-refractivity contribution in [3.63, 3.8) is 0 Å². The standard InChI is InChI=1S/C21H24N2O4S.C21H23NO4S.C14H19NO2.C13H18N2O2.C9H10O2.CH3I.CH4.ClH.H4N2/c22-12-18(25)20-10-9-19(28-20)17(24)8-5-14-3-6-15(7-4-14)21(26)23-13-16-2-1-11-27-16;1-14(23)19-10-11-20(27-19)18(24)9-6-15-4-7-16(8-5-15)21(25)22-13-17-3-2-12-26-17;1-2-11-5-7-12(8-6-11)14(16)15-10-13-4-3-9-17-13;14-8-10-3-5-11(6-4-10)13(16)15-9-12-2-1-7-17-12;1-2-7-3-5-8(6-4-7)9(10)11;1-2;;;1-2/h3-4,6-7,9-10,16H,1-2,5,8,11-13,22H2,(H,23,26);4-5,7-8,10-11,17H,2-3,6,9,12-13H2,1H3,(H,22,25);5-8,13H,2-4,9-10H2,1H3,(H,15,16);3-6,12H,1-2,7-9,14H2,(H,15,16);3-6H,2H2,1H3,(H,10,11);1H3;1H4;1H;1-2H2/i;;;;;1D;;;. The summed E-state index contributed by atoms with van der Waals surface area (Å²) in [7, 11) is 0. The monoisotopic (exact) mass is 1630 g/mol. The summed E-state index contributed by atoms with van der Waals surface area (Å²) in [5.41, 5.74) is 19.2. The van der Waals surface area contributed by atoms with E-state index in [2.05, 4.69) is 39.9 Å². The molecule has 0 saturated carbocycles. The van der Waals surface area contributed by atoms with Gasteiger partial charge in [0, 0.05) is 95.6 Å². The Morgan fingerprint density at radius 3 is 0.953 bits per heavy atom. The Labute approximate surface area is 652 Å². The van der Waals surface area contributed by atoms with Crippen LogP contribution in [0.15, 0.2) is 146 Å². The number of Topliss-reactive ketones (excluding diaryl/α,β-unsaturated/α-hetero) is 4. The van der Waals surface area contributed by atoms with Gasteiger partial charge in [0.05, 0.1) is 56.0 Å². The Morgan fingerprint density at radius 1 is 0.443 bits per heavy atom. The number of nitrogens with one attached hydrogen (secondary N) is 4. The number of rotatable bonds is 27. The third-order valence-electron chi connectivity index (χ3n) is 17.0. The molecule has 576 valence electrons. The molecule has 4 amide bonds. The van der Waals surface area contributed by atoms with Crippen LogP contribution in [-0.2, 0) is 51.2 Å². The van der Waals surface area contributed by atoms with E-state index in [0.717, 1.165) is 118 Å². The SMILES string of the molecule is C.CC(=O)c1ccc(C(=O)CCc2ccc(C(=O)NCC3CCCO3)cc2)s1.CCc1ccc(C(=O)NCC2CCCO2)cc1.CCc1ccc(C(=O)O)cc1.Cl.NCC(=O)c1ccc(C(=O)CCc2ccc(C(=O)NCC3CCCO3)cc2)s1.NCc1ccc(C(=O)NCC2CCCO2)cc1.NN.[2H]CI. The van der Waals surface area contributed by atoms with Crippen molar-refractivity contribution >= 4 is 110 Å². The van der Waals surface area contributed by atoms with E-state index in [1.54, 1.807) is 72.8 Å². The average molecular weight is 1630 g/mol. The largest absolute Gasteiger partial charge is 0.478 e. The number of carbonyl (C=O) groups is 9. The summed E-state index contributed by atoms with van der Waals surface area (Å²) in [6, 6.07) is 43.4. The van der Waals surface area contributed by atoms with Gasteiger partial charge in [-0.25, -0.2) is 4.79 Å². The van der Waals surface area contributed by atoms with E-state index in [9.17, 15) is 43.2 Å². The normalized spacial score (nSPS) is 15.8. The van der Waals surface area contributed by atoms with Crippen LogP contribution in [0.25, 0.3) is 0 Å². The number of aromatic carboxylic acids is 1. The van der Waals surface area contributed by atoms with Crippen molar-refractivity contribution in [2.45, 2.75) is 149 Å². The smallest absolute Gasteiger partial charge is 0.335 e. The fourth-order valence-electron chi connectivity index (χ4n) is 10.8. The van der Waals surface area contributed by atoms with Crippen LogP contribution in [0.2, 0.25) is 0 Å². The molecule has 0 spiro atoms. The number of thiophene rings is 2. The highest BCUT2D eigenvalue weighted by Crippen LogP contribution is 2.23. The number of benzene rings is 5. The van der Waals surface area contributed by atoms with Crippen molar-refractivity contribution < 1.29 is 68.6 Å². The molecule has 26 heteroatoms. The molecular weight excluding hydrogens is 1520 g/mol. The number of hydrazine groups is 1. The molecule has 0 bridgehead atoms. The Bertz CT molecular complexity index is 3710. The van der Waals surface area contributed by atoms with Crippen molar-refractivity contribution in [3.8, 4) is 0 Å². The maximum Gasteiger partial charge on any atom is 0.335 e. The van der Waals surface area contributed by atoms with E-state index in [-0.39, 0.29) is 97.6 Å². The van der Waals surface area contributed by atoms with Crippen molar-refractivity contribution in [2.75, 3.05) is 64.1 Å². The van der Waals surface area contributed by atoms with Gasteiger partial charge >= 0.3 is 5.97 Å². The summed E-state index contributed by atoms with van der Waals surface area (Å²) in [5, 5.41) is 20.1. The molecule has 4 saturated heterocycles. The summed E-state index contributed by atoms with van der Waals surface area (Å²) >= 11 is 4.39. The molecule has 4 aliphatic heterocycles. The number of carbonyl (C=O) groups excluding carboxylic acids is 8. The molecule has 22 nitrogen and oxygen atoms in total. The third kappa shape index (κ3) is 33.2. The Morgan fingerprint density at radius 2 is 0.708 bits per heavy atom. The fourth-order valence-corrected chi connectivity index (χ4v) is 12.6. The molecule has 6 heterocycles. The lowest BCUT2D eigenvalue weighted by atomic mass is 10.0. The first kappa shape index (κ1) is 90.6. The van der Waals surface area contributed by atoms with Gasteiger partial charge in [0.1, 0.15) is 0 Å². The second-order valence-electron chi connectivity index (χ2n) is 24.4. The lowest BCUT2D eigenvalue weighted by Gasteiger charge is -2.11. The number of hydrogen-bond donors (Lipinski definition) is 9. The van der Waals surface area contributed by atoms with Crippen LogP contribution in [0.1, 0.15) is 212 Å². The number of ether oxygens (including phenoxy) is 4. The molecule has 0 radical (unpaired) electrons. The highest BCUT2D eigenvalue weighted by atomic mass is 127. The topological polar surface area (TPSA) is 363 Å². The molecule has 2 aromatic heterocycles. The first-order valence-corrected chi connectivity index (χ1v) is 38.2. The van der Waals surface area contributed by atoms with Gasteiger partial charge in [0.15, 0.2) is 23.1 Å². The van der Waals surface area contributed by atoms with E-state index in [1.165, 1.54) is 35.2 Å². The van der Waals surface area contributed by atoms with Gasteiger partial charge in [-0.15, -0.1) is 35.1 Å². The quantitative estimate of drug-likeness (QED) is 0.00759. The van der Waals surface area contributed by atoms with Crippen LogP contribution >= 0.6 is 57.7 Å². The zero-order valence-corrected chi connectivity index (χ0v) is 64.6. The van der Waals surface area contributed by atoms with E-state index >= 15 is 0 Å². The molecule has 5 aromatic carbocycles. The second-order valence-corrected chi connectivity index (χ2v) is 26.6. The van der Waals surface area contributed by atoms with Crippen LogP contribution in [0.4, 0.5) is 0 Å². The fraction of sp³-hybridized carbons (Fsp3) is 0.412. The second kappa shape index (κ2) is 52.3.